The largest absolute Gasteiger partial charge is 0.456 e. The van der Waals surface area contributed by atoms with Gasteiger partial charge in [0.25, 0.3) is 0 Å². The van der Waals surface area contributed by atoms with Crippen LogP contribution in [-0.4, -0.2) is 0 Å². The van der Waals surface area contributed by atoms with Crippen LogP contribution in [0.3, 0.4) is 0 Å². The van der Waals surface area contributed by atoms with E-state index in [4.69, 9.17) is 13.3 Å². The van der Waals surface area contributed by atoms with Crippen LogP contribution in [0.5, 0.6) is 0 Å². The molecule has 2 aliphatic rings. The number of furan rings is 3. The third-order valence-corrected chi connectivity index (χ3v) is 17.1. The first-order chi connectivity index (χ1) is 37.2. The van der Waals surface area contributed by atoms with Crippen molar-refractivity contribution in [1.29, 1.82) is 0 Å². The minimum absolute atomic E-state index is 0.282. The molecule has 0 unspecified atom stereocenters. The molecular formula is C72H49NO3. The molecule has 3 heterocycles. The maximum absolute atomic E-state index is 6.55. The molecule has 0 N–H and O–H groups in total. The molecule has 0 radical (unpaired) electrons. The van der Waals surface area contributed by atoms with Gasteiger partial charge in [0.1, 0.15) is 33.5 Å². The smallest absolute Gasteiger partial charge is 0.143 e. The second-order valence-corrected chi connectivity index (χ2v) is 22.0. The third kappa shape index (κ3) is 6.13. The first-order valence-electron chi connectivity index (χ1n) is 26.4. The fourth-order valence-electron chi connectivity index (χ4n) is 13.2. The lowest BCUT2D eigenvalue weighted by molar-refractivity contribution is 0.659. The molecule has 0 saturated carbocycles. The number of rotatable bonds is 6. The summed E-state index contributed by atoms with van der Waals surface area (Å²) in [6.45, 7) is 9.52. The number of nitrogens with zero attached hydrogens (tertiary/aromatic N) is 1. The van der Waals surface area contributed by atoms with Crippen molar-refractivity contribution in [1.82, 2.24) is 0 Å². The number of hydrogen-bond donors (Lipinski definition) is 0. The molecule has 0 amide bonds. The van der Waals surface area contributed by atoms with Gasteiger partial charge in [-0.25, -0.2) is 0 Å². The van der Waals surface area contributed by atoms with Gasteiger partial charge < -0.3 is 18.2 Å². The van der Waals surface area contributed by atoms with Crippen LogP contribution in [0.2, 0.25) is 0 Å². The van der Waals surface area contributed by atoms with Crippen LogP contribution in [0.1, 0.15) is 49.9 Å². The van der Waals surface area contributed by atoms with E-state index < -0.39 is 0 Å². The van der Waals surface area contributed by atoms with Crippen molar-refractivity contribution in [2.45, 2.75) is 38.5 Å². The van der Waals surface area contributed by atoms with E-state index in [1.54, 1.807) is 0 Å². The van der Waals surface area contributed by atoms with Gasteiger partial charge in [-0.1, -0.05) is 173 Å². The van der Waals surface area contributed by atoms with Gasteiger partial charge in [-0.15, -0.1) is 0 Å². The fraction of sp³-hybridized carbons (Fsp3) is 0.0833. The molecule has 3 aromatic heterocycles. The molecule has 76 heavy (non-hydrogen) atoms. The Labute approximate surface area is 439 Å². The summed E-state index contributed by atoms with van der Waals surface area (Å²) in [5.41, 5.74) is 25.4. The Balaban J connectivity index is 0.808. The highest BCUT2D eigenvalue weighted by atomic mass is 16.3. The number of para-hydroxylation sites is 5. The van der Waals surface area contributed by atoms with Crippen molar-refractivity contribution >= 4 is 82.9 Å². The highest BCUT2D eigenvalue weighted by Gasteiger charge is 2.39. The predicted molar refractivity (Wildman–Crippen MR) is 314 cm³/mol. The Morgan fingerprint density at radius 2 is 0.645 bits per heavy atom. The van der Waals surface area contributed by atoms with Gasteiger partial charge in [-0.2, -0.15) is 0 Å². The lowest BCUT2D eigenvalue weighted by Gasteiger charge is -2.30. The van der Waals surface area contributed by atoms with Gasteiger partial charge in [-0.05, 0) is 146 Å². The van der Waals surface area contributed by atoms with E-state index in [9.17, 15) is 0 Å². The highest BCUT2D eigenvalue weighted by Crippen LogP contribution is 2.55. The van der Waals surface area contributed by atoms with Gasteiger partial charge in [0.15, 0.2) is 0 Å². The Morgan fingerprint density at radius 1 is 0.263 bits per heavy atom. The van der Waals surface area contributed by atoms with Crippen LogP contribution in [-0.2, 0) is 10.8 Å². The summed E-state index contributed by atoms with van der Waals surface area (Å²) in [5, 5.41) is 6.82. The number of benzene rings is 11. The molecule has 14 aromatic rings. The lowest BCUT2D eigenvalue weighted by Crippen LogP contribution is -2.18. The molecule has 0 bridgehead atoms. The van der Waals surface area contributed by atoms with Gasteiger partial charge in [0, 0.05) is 71.3 Å². The second-order valence-electron chi connectivity index (χ2n) is 22.0. The zero-order valence-corrected chi connectivity index (χ0v) is 42.5. The number of hydrogen-bond acceptors (Lipinski definition) is 4. The minimum atomic E-state index is -0.282. The summed E-state index contributed by atoms with van der Waals surface area (Å²) >= 11 is 0. The average molecular weight is 976 g/mol. The van der Waals surface area contributed by atoms with E-state index in [-0.39, 0.29) is 10.8 Å². The molecule has 11 aromatic carbocycles. The summed E-state index contributed by atoms with van der Waals surface area (Å²) in [6.07, 6.45) is 0. The summed E-state index contributed by atoms with van der Waals surface area (Å²) in [4.78, 5) is 2.46. The van der Waals surface area contributed by atoms with E-state index in [0.717, 1.165) is 116 Å². The summed E-state index contributed by atoms with van der Waals surface area (Å²) < 4.78 is 19.3. The SMILES string of the molecule is CC1(C)c2cc(-c3cccc4c3oc3ccccc34)ccc2-c2ccc(N(c3ccc(-c4ccc5oc6ccccc6c5c4)cc3)c3ccc4c(c3)C(C)(C)c3cc(-c5cccc6c5oc5ccccc56)ccc3-4)cc21. The molecule has 0 aliphatic heterocycles. The van der Waals surface area contributed by atoms with E-state index in [1.165, 1.54) is 44.5 Å². The van der Waals surface area contributed by atoms with Gasteiger partial charge >= 0.3 is 0 Å². The van der Waals surface area contributed by atoms with Crippen LogP contribution in [0.25, 0.3) is 121 Å². The third-order valence-electron chi connectivity index (χ3n) is 17.1. The van der Waals surface area contributed by atoms with E-state index in [1.807, 2.05) is 24.3 Å². The normalized spacial score (nSPS) is 14.0. The molecule has 2 aliphatic carbocycles. The van der Waals surface area contributed by atoms with E-state index in [2.05, 4.69) is 233 Å². The molecule has 16 rings (SSSR count). The van der Waals surface area contributed by atoms with Crippen LogP contribution in [0.15, 0.2) is 238 Å². The number of anilines is 3. The van der Waals surface area contributed by atoms with Gasteiger partial charge in [0.2, 0.25) is 0 Å². The zero-order valence-electron chi connectivity index (χ0n) is 42.5. The monoisotopic (exact) mass is 975 g/mol. The van der Waals surface area contributed by atoms with Crippen molar-refractivity contribution < 1.29 is 13.3 Å². The van der Waals surface area contributed by atoms with Crippen LogP contribution in [0, 0.1) is 0 Å². The van der Waals surface area contributed by atoms with Gasteiger partial charge in [-0.3, -0.25) is 0 Å². The molecule has 0 fully saturated rings. The minimum Gasteiger partial charge on any atom is -0.456 e. The van der Waals surface area contributed by atoms with Crippen LogP contribution in [0.4, 0.5) is 17.1 Å². The molecular weight excluding hydrogens is 927 g/mol. The molecule has 0 saturated heterocycles. The average Bonchev–Trinajstić information content (AvgIpc) is 4.36. The molecule has 360 valence electrons. The Hall–Kier alpha value is -9.38. The zero-order chi connectivity index (χ0) is 50.6. The van der Waals surface area contributed by atoms with Crippen molar-refractivity contribution in [2.75, 3.05) is 4.90 Å². The standard InChI is InChI=1S/C72H49NO3/c1-71(2)61-38-44(49-16-11-18-58-55-13-5-9-21-66(55)75-69(49)58)25-32-51(61)53-34-30-47(40-63(53)71)73(46-28-23-42(24-29-46)43-27-36-68-60(37-43)57-15-7-8-20-65(57)74-68)48-31-35-54-52-33-26-45(39-62(52)72(3,4)64(54)41-48)50-17-12-19-59-56-14-6-10-22-67(56)76-70(50)59/h5-41H,1-4H3. The van der Waals surface area contributed by atoms with Crippen molar-refractivity contribution in [2.24, 2.45) is 0 Å². The first-order valence-corrected chi connectivity index (χ1v) is 26.4. The number of fused-ring (bicyclic) bond motifs is 15. The Bertz CT molecular complexity index is 4540. The van der Waals surface area contributed by atoms with Crippen molar-refractivity contribution in [3.05, 3.63) is 247 Å². The van der Waals surface area contributed by atoms with Crippen LogP contribution < -0.4 is 4.90 Å². The van der Waals surface area contributed by atoms with E-state index in [0.29, 0.717) is 0 Å². The first kappa shape index (κ1) is 43.1. The molecule has 4 heteroatoms. The summed E-state index contributed by atoms with van der Waals surface area (Å²) in [6, 6.07) is 81.8. The predicted octanol–water partition coefficient (Wildman–Crippen LogP) is 20.5. The fourth-order valence-corrected chi connectivity index (χ4v) is 13.2. The van der Waals surface area contributed by atoms with E-state index >= 15 is 0 Å². The van der Waals surface area contributed by atoms with Crippen molar-refractivity contribution in [3.8, 4) is 55.6 Å². The van der Waals surface area contributed by atoms with Crippen molar-refractivity contribution in [3.63, 3.8) is 0 Å². The maximum Gasteiger partial charge on any atom is 0.143 e. The molecule has 0 spiro atoms. The maximum atomic E-state index is 6.55. The molecule has 4 nitrogen and oxygen atoms in total. The Kier molecular flexibility index (Phi) is 8.83. The highest BCUT2D eigenvalue weighted by molar-refractivity contribution is 6.11. The van der Waals surface area contributed by atoms with Gasteiger partial charge in [0.05, 0.1) is 0 Å². The topological polar surface area (TPSA) is 42.7 Å². The lowest BCUT2D eigenvalue weighted by atomic mass is 9.81. The quantitative estimate of drug-likeness (QED) is 0.167. The molecule has 0 atom stereocenters. The summed E-state index contributed by atoms with van der Waals surface area (Å²) in [5.74, 6) is 0. The Morgan fingerprint density at radius 3 is 1.16 bits per heavy atom. The van der Waals surface area contributed by atoms with Crippen LogP contribution >= 0.6 is 0 Å². The summed E-state index contributed by atoms with van der Waals surface area (Å²) in [7, 11) is 0. The second kappa shape index (κ2) is 15.6.